The van der Waals surface area contributed by atoms with Gasteiger partial charge in [0.15, 0.2) is 6.10 Å². The van der Waals surface area contributed by atoms with E-state index in [1.54, 1.807) is 6.08 Å². The van der Waals surface area contributed by atoms with Gasteiger partial charge >= 0.3 is 11.9 Å². The summed E-state index contributed by atoms with van der Waals surface area (Å²) in [4.78, 5) is 36.9. The first-order valence-corrected chi connectivity index (χ1v) is 20.3. The lowest BCUT2D eigenvalue weighted by Gasteiger charge is -2.18. The topological polar surface area (TPSA) is 130 Å². The van der Waals surface area contributed by atoms with Gasteiger partial charge in [-0.05, 0) is 25.7 Å². The molecule has 5 atom stereocenters. The summed E-state index contributed by atoms with van der Waals surface area (Å²) in [5.74, 6) is -1.15. The van der Waals surface area contributed by atoms with Crippen LogP contribution in [-0.2, 0) is 23.9 Å². The number of hydrogen-bond acceptors (Lipinski definition) is 8. The molecule has 0 radical (unpaired) electrons. The van der Waals surface area contributed by atoms with Crippen LogP contribution in [0.2, 0.25) is 0 Å². The molecule has 8 heteroatoms. The lowest BCUT2D eigenvalue weighted by Crippen LogP contribution is -2.28. The molecule has 1 rings (SSSR count). The first-order chi connectivity index (χ1) is 23.8. The molecule has 286 valence electrons. The van der Waals surface area contributed by atoms with Gasteiger partial charge in [0.2, 0.25) is 0 Å². The molecule has 49 heavy (non-hydrogen) atoms. The van der Waals surface area contributed by atoms with Crippen LogP contribution in [0, 0.1) is 11.8 Å². The van der Waals surface area contributed by atoms with Gasteiger partial charge in [0, 0.05) is 31.1 Å². The second-order valence-corrected chi connectivity index (χ2v) is 14.5. The van der Waals surface area contributed by atoms with Crippen LogP contribution in [0.1, 0.15) is 187 Å². The second-order valence-electron chi connectivity index (χ2n) is 14.5. The number of carbonyl (C=O) groups is 3. The minimum absolute atomic E-state index is 0.0803. The van der Waals surface area contributed by atoms with Crippen molar-refractivity contribution in [1.29, 1.82) is 0 Å². The molecule has 0 aromatic carbocycles. The maximum absolute atomic E-state index is 12.5. The average Bonchev–Trinajstić information content (AvgIpc) is 3.36. The Balaban J connectivity index is 2.07. The van der Waals surface area contributed by atoms with Crippen LogP contribution in [0.15, 0.2) is 12.2 Å². The summed E-state index contributed by atoms with van der Waals surface area (Å²) in [6.07, 6.45) is 28.8. The van der Waals surface area contributed by atoms with Crippen LogP contribution in [0.3, 0.4) is 0 Å². The SMILES string of the molecule is CCCCCCCCCCCCCCCCCC(=O)OC[C@H](CO)OC(=O)CCCCCC[C@H]1C(=O)C[C@@H](O)[C@@H]1/C=C/[C@@H](O)CCCCC. The highest BCUT2D eigenvalue weighted by atomic mass is 16.6. The quantitative estimate of drug-likeness (QED) is 0.0352. The van der Waals surface area contributed by atoms with Gasteiger partial charge in [-0.2, -0.15) is 0 Å². The normalized spacial score (nSPS) is 19.0. The van der Waals surface area contributed by atoms with Crippen molar-refractivity contribution in [2.24, 2.45) is 11.8 Å². The van der Waals surface area contributed by atoms with Crippen LogP contribution in [0.4, 0.5) is 0 Å². The van der Waals surface area contributed by atoms with Crippen molar-refractivity contribution >= 4 is 17.7 Å². The van der Waals surface area contributed by atoms with Crippen LogP contribution in [0.25, 0.3) is 0 Å². The zero-order valence-electron chi connectivity index (χ0n) is 31.4. The van der Waals surface area contributed by atoms with Gasteiger partial charge in [0.25, 0.3) is 0 Å². The molecule has 0 bridgehead atoms. The third-order valence-corrected chi connectivity index (χ3v) is 9.95. The summed E-state index contributed by atoms with van der Waals surface area (Å²) < 4.78 is 10.6. The molecule has 3 N–H and O–H groups in total. The van der Waals surface area contributed by atoms with E-state index in [1.807, 2.05) is 6.08 Å². The van der Waals surface area contributed by atoms with E-state index in [0.29, 0.717) is 25.7 Å². The Morgan fingerprint density at radius 1 is 0.735 bits per heavy atom. The van der Waals surface area contributed by atoms with Gasteiger partial charge < -0.3 is 24.8 Å². The van der Waals surface area contributed by atoms with Crippen molar-refractivity contribution in [1.82, 2.24) is 0 Å². The molecule has 0 aliphatic heterocycles. The highest BCUT2D eigenvalue weighted by Gasteiger charge is 2.39. The van der Waals surface area contributed by atoms with E-state index in [2.05, 4.69) is 13.8 Å². The zero-order chi connectivity index (χ0) is 36.0. The molecule has 0 aromatic rings. The first kappa shape index (κ1) is 45.3. The van der Waals surface area contributed by atoms with Crippen LogP contribution < -0.4 is 0 Å². The fourth-order valence-corrected chi connectivity index (χ4v) is 6.80. The van der Waals surface area contributed by atoms with E-state index in [0.717, 1.165) is 57.8 Å². The third kappa shape index (κ3) is 24.1. The number of aliphatic hydroxyl groups is 3. The lowest BCUT2D eigenvalue weighted by molar-refractivity contribution is -0.161. The van der Waals surface area contributed by atoms with Crippen LogP contribution >= 0.6 is 0 Å². The molecule has 1 aliphatic rings. The molecule has 1 fully saturated rings. The maximum atomic E-state index is 12.5. The predicted octanol–water partition coefficient (Wildman–Crippen LogP) is 9.10. The third-order valence-electron chi connectivity index (χ3n) is 9.95. The summed E-state index contributed by atoms with van der Waals surface area (Å²) in [6.45, 7) is 3.85. The number of hydrogen-bond donors (Lipinski definition) is 3. The summed E-state index contributed by atoms with van der Waals surface area (Å²) in [5.41, 5.74) is 0. The molecular weight excluding hydrogens is 620 g/mol. The minimum atomic E-state index is -0.854. The molecular formula is C41H74O8. The van der Waals surface area contributed by atoms with Gasteiger partial charge in [-0.3, -0.25) is 14.4 Å². The van der Waals surface area contributed by atoms with E-state index < -0.39 is 30.9 Å². The van der Waals surface area contributed by atoms with Crippen molar-refractivity contribution in [2.75, 3.05) is 13.2 Å². The molecule has 0 heterocycles. The largest absolute Gasteiger partial charge is 0.462 e. The number of aliphatic hydroxyl groups excluding tert-OH is 3. The Morgan fingerprint density at radius 2 is 1.22 bits per heavy atom. The summed E-state index contributed by atoms with van der Waals surface area (Å²) in [5, 5.41) is 30.2. The van der Waals surface area contributed by atoms with Crippen molar-refractivity contribution in [3.05, 3.63) is 12.2 Å². The Kier molecular flexibility index (Phi) is 28.6. The molecule has 8 nitrogen and oxygen atoms in total. The van der Waals surface area contributed by atoms with Gasteiger partial charge in [0.1, 0.15) is 12.4 Å². The van der Waals surface area contributed by atoms with Crippen LogP contribution in [-0.4, -0.2) is 64.6 Å². The van der Waals surface area contributed by atoms with E-state index in [4.69, 9.17) is 9.47 Å². The Hall–Kier alpha value is -1.77. The molecule has 0 amide bonds. The minimum Gasteiger partial charge on any atom is -0.462 e. The van der Waals surface area contributed by atoms with Crippen molar-refractivity contribution in [2.45, 2.75) is 206 Å². The monoisotopic (exact) mass is 695 g/mol. The molecule has 0 spiro atoms. The second kappa shape index (κ2) is 31.0. The fraction of sp³-hybridized carbons (Fsp3) is 0.878. The van der Waals surface area contributed by atoms with Gasteiger partial charge in [-0.15, -0.1) is 0 Å². The van der Waals surface area contributed by atoms with E-state index in [1.165, 1.54) is 77.0 Å². The Bertz CT molecular complexity index is 858. The average molecular weight is 695 g/mol. The summed E-state index contributed by atoms with van der Waals surface area (Å²) in [6, 6.07) is 0. The lowest BCUT2D eigenvalue weighted by atomic mass is 9.88. The molecule has 0 saturated heterocycles. The number of ether oxygens (including phenoxy) is 2. The highest BCUT2D eigenvalue weighted by Crippen LogP contribution is 2.34. The van der Waals surface area contributed by atoms with Crippen molar-refractivity contribution in [3.63, 3.8) is 0 Å². The smallest absolute Gasteiger partial charge is 0.306 e. The standard InChI is InChI=1S/C41H74O8/c1-3-5-7-8-9-10-11-12-13-14-15-16-17-18-23-27-40(46)48-33-35(32-42)49-41(47)28-24-20-19-22-26-36-37(39(45)31-38(36)44)30-29-34(43)25-21-6-4-2/h29-30,34-37,39,42-43,45H,3-28,31-33H2,1-2H3/b30-29+/t34-,35-,36+,37+,39+/m0/s1. The van der Waals surface area contributed by atoms with Gasteiger partial charge in [-0.25, -0.2) is 0 Å². The van der Waals surface area contributed by atoms with Crippen molar-refractivity contribution < 1.29 is 39.2 Å². The molecule has 1 saturated carbocycles. The maximum Gasteiger partial charge on any atom is 0.306 e. The van der Waals surface area contributed by atoms with Crippen LogP contribution in [0.5, 0.6) is 0 Å². The Labute approximate surface area is 299 Å². The van der Waals surface area contributed by atoms with Gasteiger partial charge in [-0.1, -0.05) is 154 Å². The van der Waals surface area contributed by atoms with Crippen molar-refractivity contribution in [3.8, 4) is 0 Å². The molecule has 0 unspecified atom stereocenters. The number of esters is 2. The van der Waals surface area contributed by atoms with E-state index in [9.17, 15) is 29.7 Å². The number of carbonyl (C=O) groups excluding carboxylic acids is 3. The van der Waals surface area contributed by atoms with Gasteiger partial charge in [0.05, 0.1) is 18.8 Å². The first-order valence-electron chi connectivity index (χ1n) is 20.3. The number of ketones is 1. The number of unbranched alkanes of at least 4 members (excludes halogenated alkanes) is 19. The summed E-state index contributed by atoms with van der Waals surface area (Å²) >= 11 is 0. The summed E-state index contributed by atoms with van der Waals surface area (Å²) in [7, 11) is 0. The fourth-order valence-electron chi connectivity index (χ4n) is 6.80. The highest BCUT2D eigenvalue weighted by molar-refractivity contribution is 5.84. The number of rotatable bonds is 33. The predicted molar refractivity (Wildman–Crippen MR) is 197 cm³/mol. The molecule has 1 aliphatic carbocycles. The Morgan fingerprint density at radius 3 is 1.78 bits per heavy atom. The zero-order valence-corrected chi connectivity index (χ0v) is 31.4. The van der Waals surface area contributed by atoms with E-state index in [-0.39, 0.29) is 43.0 Å². The number of Topliss-reactive ketones (excluding diaryl/α,β-unsaturated/α-hetero) is 1. The molecule has 0 aromatic heterocycles. The van der Waals surface area contributed by atoms with E-state index >= 15 is 0 Å².